The number of aromatic nitrogens is 2. The Morgan fingerprint density at radius 1 is 0.903 bits per heavy atom. The van der Waals surface area contributed by atoms with Gasteiger partial charge in [-0.25, -0.2) is 9.38 Å². The van der Waals surface area contributed by atoms with Crippen molar-refractivity contribution in [3.05, 3.63) is 105 Å². The summed E-state index contributed by atoms with van der Waals surface area (Å²) in [6.07, 6.45) is 1.91. The molecule has 0 fully saturated rings. The van der Waals surface area contributed by atoms with Gasteiger partial charge in [-0.05, 0) is 30.7 Å². The first-order chi connectivity index (χ1) is 15.2. The van der Waals surface area contributed by atoms with Gasteiger partial charge >= 0.3 is 0 Å². The van der Waals surface area contributed by atoms with Crippen molar-refractivity contribution in [1.82, 2.24) is 9.38 Å². The lowest BCUT2D eigenvalue weighted by molar-refractivity contribution is 0.340. The van der Waals surface area contributed by atoms with E-state index in [0.29, 0.717) is 16.1 Å². The quantitative estimate of drug-likeness (QED) is 0.397. The minimum Gasteiger partial charge on any atom is -0.494 e. The SMILES string of the molecule is CCOc1ccc(C=c2sc3nc(-c4ccccc4)c(-c4ccccc4)n3c2=O)cc1. The second-order valence-electron chi connectivity index (χ2n) is 7.08. The van der Waals surface area contributed by atoms with E-state index >= 15 is 0 Å². The second-order valence-corrected chi connectivity index (χ2v) is 8.09. The van der Waals surface area contributed by atoms with Crippen LogP contribution in [0.25, 0.3) is 33.6 Å². The molecule has 0 bridgehead atoms. The van der Waals surface area contributed by atoms with Gasteiger partial charge in [0, 0.05) is 11.1 Å². The molecule has 31 heavy (non-hydrogen) atoms. The third-order valence-electron chi connectivity index (χ3n) is 5.05. The lowest BCUT2D eigenvalue weighted by Crippen LogP contribution is -2.23. The average molecular weight is 425 g/mol. The normalized spacial score (nSPS) is 11.8. The predicted molar refractivity (Wildman–Crippen MR) is 127 cm³/mol. The van der Waals surface area contributed by atoms with Crippen LogP contribution in [0.3, 0.4) is 0 Å². The molecule has 0 aliphatic heterocycles. The van der Waals surface area contributed by atoms with Crippen molar-refractivity contribution in [1.29, 1.82) is 0 Å². The summed E-state index contributed by atoms with van der Waals surface area (Å²) in [5.74, 6) is 0.821. The van der Waals surface area contributed by atoms with Gasteiger partial charge in [-0.15, -0.1) is 0 Å². The third-order valence-corrected chi connectivity index (χ3v) is 6.01. The smallest absolute Gasteiger partial charge is 0.274 e. The van der Waals surface area contributed by atoms with Gasteiger partial charge < -0.3 is 4.74 Å². The molecule has 0 amide bonds. The summed E-state index contributed by atoms with van der Waals surface area (Å²) >= 11 is 1.41. The zero-order chi connectivity index (χ0) is 21.2. The highest BCUT2D eigenvalue weighted by atomic mass is 32.1. The fourth-order valence-electron chi connectivity index (χ4n) is 3.64. The van der Waals surface area contributed by atoms with E-state index in [1.54, 1.807) is 4.40 Å². The van der Waals surface area contributed by atoms with E-state index in [2.05, 4.69) is 0 Å². The van der Waals surface area contributed by atoms with E-state index in [1.807, 2.05) is 97.9 Å². The standard InChI is InChI=1S/C26H20N2O2S/c1-2-30-21-15-13-18(14-16-21)17-22-25(29)28-24(20-11-7-4-8-12-20)23(27-26(28)31-22)19-9-5-3-6-10-19/h3-17H,2H2,1H3. The highest BCUT2D eigenvalue weighted by molar-refractivity contribution is 7.15. The number of ether oxygens (including phenoxy) is 1. The molecule has 0 aliphatic rings. The van der Waals surface area contributed by atoms with Crippen LogP contribution >= 0.6 is 11.3 Å². The summed E-state index contributed by atoms with van der Waals surface area (Å²) in [7, 11) is 0. The van der Waals surface area contributed by atoms with Crippen molar-refractivity contribution in [3.8, 4) is 28.3 Å². The average Bonchev–Trinajstić information content (AvgIpc) is 3.33. The summed E-state index contributed by atoms with van der Waals surface area (Å²) in [5, 5.41) is 0. The van der Waals surface area contributed by atoms with Crippen LogP contribution < -0.4 is 14.8 Å². The number of rotatable bonds is 5. The molecular formula is C26H20N2O2S. The number of nitrogens with zero attached hydrogens (tertiary/aromatic N) is 2. The Labute approximate surface area is 183 Å². The predicted octanol–water partition coefficient (Wildman–Crippen LogP) is 5.04. The second kappa shape index (κ2) is 8.20. The molecule has 2 heterocycles. The Hall–Kier alpha value is -3.70. The monoisotopic (exact) mass is 424 g/mol. The Bertz CT molecular complexity index is 1440. The van der Waals surface area contributed by atoms with Crippen LogP contribution in [0.15, 0.2) is 89.7 Å². The summed E-state index contributed by atoms with van der Waals surface area (Å²) in [4.78, 5) is 19.0. The molecule has 152 valence electrons. The molecule has 5 heteroatoms. The van der Waals surface area contributed by atoms with Crippen LogP contribution in [-0.2, 0) is 0 Å². The minimum atomic E-state index is -0.0533. The van der Waals surface area contributed by atoms with E-state index in [1.165, 1.54) is 11.3 Å². The van der Waals surface area contributed by atoms with Crippen LogP contribution in [0.1, 0.15) is 12.5 Å². The molecule has 0 atom stereocenters. The lowest BCUT2D eigenvalue weighted by atomic mass is 10.1. The van der Waals surface area contributed by atoms with Crippen LogP contribution in [-0.4, -0.2) is 16.0 Å². The Kier molecular flexibility index (Phi) is 5.10. The summed E-state index contributed by atoms with van der Waals surface area (Å²) in [6, 6.07) is 27.7. The van der Waals surface area contributed by atoms with Crippen LogP contribution in [0.5, 0.6) is 5.75 Å². The van der Waals surface area contributed by atoms with Crippen LogP contribution in [0.4, 0.5) is 0 Å². The number of hydrogen-bond donors (Lipinski definition) is 0. The Morgan fingerprint density at radius 3 is 2.19 bits per heavy atom. The molecule has 0 spiro atoms. The maximum absolute atomic E-state index is 13.4. The molecule has 0 aliphatic carbocycles. The topological polar surface area (TPSA) is 43.6 Å². The minimum absolute atomic E-state index is 0.0533. The fourth-order valence-corrected chi connectivity index (χ4v) is 4.61. The number of fused-ring (bicyclic) bond motifs is 1. The van der Waals surface area contributed by atoms with Gasteiger partial charge in [0.1, 0.15) is 5.75 Å². The molecule has 0 radical (unpaired) electrons. The summed E-state index contributed by atoms with van der Waals surface area (Å²) in [5.41, 5.74) is 4.51. The number of hydrogen-bond acceptors (Lipinski definition) is 4. The first kappa shape index (κ1) is 19.3. The van der Waals surface area contributed by atoms with Gasteiger partial charge in [0.2, 0.25) is 0 Å². The molecule has 0 saturated heterocycles. The maximum Gasteiger partial charge on any atom is 0.274 e. The van der Waals surface area contributed by atoms with E-state index in [-0.39, 0.29) is 5.56 Å². The molecule has 5 rings (SSSR count). The first-order valence-corrected chi connectivity index (χ1v) is 11.0. The lowest BCUT2D eigenvalue weighted by Gasteiger charge is -2.04. The van der Waals surface area contributed by atoms with E-state index in [4.69, 9.17) is 9.72 Å². The first-order valence-electron chi connectivity index (χ1n) is 10.2. The Balaban J connectivity index is 1.70. The molecular weight excluding hydrogens is 404 g/mol. The molecule has 5 aromatic rings. The molecule has 4 nitrogen and oxygen atoms in total. The zero-order valence-corrected chi connectivity index (χ0v) is 17.8. The van der Waals surface area contributed by atoms with Gasteiger partial charge in [0.25, 0.3) is 5.56 Å². The van der Waals surface area contributed by atoms with E-state index in [9.17, 15) is 4.79 Å². The molecule has 0 N–H and O–H groups in total. The maximum atomic E-state index is 13.4. The van der Waals surface area contributed by atoms with Crippen molar-refractivity contribution < 1.29 is 4.74 Å². The molecule has 2 aromatic heterocycles. The molecule has 0 unspecified atom stereocenters. The van der Waals surface area contributed by atoms with Crippen molar-refractivity contribution in [3.63, 3.8) is 0 Å². The third kappa shape index (κ3) is 3.64. The van der Waals surface area contributed by atoms with Crippen molar-refractivity contribution in [2.45, 2.75) is 6.92 Å². The van der Waals surface area contributed by atoms with Gasteiger partial charge in [-0.1, -0.05) is 84.1 Å². The van der Waals surface area contributed by atoms with Gasteiger partial charge in [0.05, 0.1) is 22.5 Å². The molecule has 3 aromatic carbocycles. The zero-order valence-electron chi connectivity index (χ0n) is 17.0. The summed E-state index contributed by atoms with van der Waals surface area (Å²) in [6.45, 7) is 2.58. The molecule has 0 saturated carbocycles. The van der Waals surface area contributed by atoms with Crippen LogP contribution in [0, 0.1) is 0 Å². The van der Waals surface area contributed by atoms with Gasteiger partial charge in [-0.2, -0.15) is 0 Å². The largest absolute Gasteiger partial charge is 0.494 e. The highest BCUT2D eigenvalue weighted by Gasteiger charge is 2.19. The number of benzene rings is 3. The summed E-state index contributed by atoms with van der Waals surface area (Å²) < 4.78 is 7.90. The van der Waals surface area contributed by atoms with Crippen LogP contribution in [0.2, 0.25) is 0 Å². The fraction of sp³-hybridized carbons (Fsp3) is 0.0769. The van der Waals surface area contributed by atoms with E-state index < -0.39 is 0 Å². The highest BCUT2D eigenvalue weighted by Crippen LogP contribution is 2.32. The Morgan fingerprint density at radius 2 is 1.55 bits per heavy atom. The van der Waals surface area contributed by atoms with Crippen molar-refractivity contribution >= 4 is 22.4 Å². The van der Waals surface area contributed by atoms with Crippen molar-refractivity contribution in [2.75, 3.05) is 6.61 Å². The number of thiazole rings is 1. The van der Waals surface area contributed by atoms with E-state index in [0.717, 1.165) is 33.8 Å². The van der Waals surface area contributed by atoms with Gasteiger partial charge in [0.15, 0.2) is 4.96 Å². The van der Waals surface area contributed by atoms with Crippen molar-refractivity contribution in [2.24, 2.45) is 0 Å². The van der Waals surface area contributed by atoms with Gasteiger partial charge in [-0.3, -0.25) is 4.79 Å². The number of imidazole rings is 1.